The van der Waals surface area contributed by atoms with E-state index < -0.39 is 5.97 Å². The fourth-order valence-electron chi connectivity index (χ4n) is 2.19. The first-order valence-corrected chi connectivity index (χ1v) is 6.80. The third-order valence-corrected chi connectivity index (χ3v) is 3.60. The van der Waals surface area contributed by atoms with Gasteiger partial charge in [-0.25, -0.2) is 4.79 Å². The van der Waals surface area contributed by atoms with Crippen LogP contribution in [0, 0.1) is 5.92 Å². The molecule has 1 aliphatic rings. The molecule has 1 N–H and O–H groups in total. The molecule has 108 valence electrons. The van der Waals surface area contributed by atoms with Crippen LogP contribution in [0.2, 0.25) is 0 Å². The number of hydrogen-bond donors (Lipinski definition) is 1. The molecule has 0 spiro atoms. The van der Waals surface area contributed by atoms with E-state index in [0.717, 1.165) is 25.9 Å². The topological polar surface area (TPSA) is 66.8 Å². The van der Waals surface area contributed by atoms with Gasteiger partial charge in [0.1, 0.15) is 5.75 Å². The molecule has 5 heteroatoms. The Morgan fingerprint density at radius 3 is 2.40 bits per heavy atom. The molecule has 1 amide bonds. The zero-order valence-electron chi connectivity index (χ0n) is 11.5. The Labute approximate surface area is 118 Å². The van der Waals surface area contributed by atoms with Crippen molar-refractivity contribution in [2.75, 3.05) is 19.7 Å². The number of carboxylic acid groups (broad SMARTS) is 1. The predicted molar refractivity (Wildman–Crippen MR) is 73.9 cm³/mol. The molecule has 2 rings (SSSR count). The average Bonchev–Trinajstić information content (AvgIpc) is 2.46. The summed E-state index contributed by atoms with van der Waals surface area (Å²) in [4.78, 5) is 24.5. The van der Waals surface area contributed by atoms with Gasteiger partial charge in [-0.15, -0.1) is 0 Å². The van der Waals surface area contributed by atoms with Gasteiger partial charge in [-0.1, -0.05) is 6.92 Å². The number of aromatic carboxylic acids is 1. The standard InChI is InChI=1S/C15H19NO4/c1-11-6-8-16(9-7-11)14(17)10-20-13-4-2-12(3-5-13)15(18)19/h2-5,11H,6-10H2,1H3,(H,18,19). The molecule has 1 heterocycles. The highest BCUT2D eigenvalue weighted by atomic mass is 16.5. The van der Waals surface area contributed by atoms with Gasteiger partial charge in [-0.2, -0.15) is 0 Å². The summed E-state index contributed by atoms with van der Waals surface area (Å²) >= 11 is 0. The third-order valence-electron chi connectivity index (χ3n) is 3.60. The lowest BCUT2D eigenvalue weighted by Crippen LogP contribution is -2.40. The molecular weight excluding hydrogens is 258 g/mol. The maximum absolute atomic E-state index is 12.0. The normalized spacial score (nSPS) is 15.9. The quantitative estimate of drug-likeness (QED) is 0.914. The van der Waals surface area contributed by atoms with Crippen LogP contribution in [0.15, 0.2) is 24.3 Å². The van der Waals surface area contributed by atoms with Crippen LogP contribution in [-0.2, 0) is 4.79 Å². The summed E-state index contributed by atoms with van der Waals surface area (Å²) in [6.45, 7) is 3.78. The summed E-state index contributed by atoms with van der Waals surface area (Å²) < 4.78 is 5.40. The number of amides is 1. The SMILES string of the molecule is CC1CCN(C(=O)COc2ccc(C(=O)O)cc2)CC1. The molecule has 0 atom stereocenters. The Morgan fingerprint density at radius 2 is 1.85 bits per heavy atom. The van der Waals surface area contributed by atoms with E-state index in [9.17, 15) is 9.59 Å². The van der Waals surface area contributed by atoms with Crippen LogP contribution in [-0.4, -0.2) is 41.6 Å². The molecule has 0 bridgehead atoms. The van der Waals surface area contributed by atoms with Gasteiger partial charge in [0.05, 0.1) is 5.56 Å². The van der Waals surface area contributed by atoms with E-state index in [4.69, 9.17) is 9.84 Å². The second-order valence-corrected chi connectivity index (χ2v) is 5.18. The summed E-state index contributed by atoms with van der Waals surface area (Å²) in [5.41, 5.74) is 0.202. The second-order valence-electron chi connectivity index (χ2n) is 5.18. The molecule has 1 aromatic carbocycles. The van der Waals surface area contributed by atoms with Crippen molar-refractivity contribution in [2.45, 2.75) is 19.8 Å². The Bertz CT molecular complexity index is 475. The highest BCUT2D eigenvalue weighted by Crippen LogP contribution is 2.17. The molecule has 0 saturated carbocycles. The molecule has 5 nitrogen and oxygen atoms in total. The van der Waals surface area contributed by atoms with Crippen LogP contribution in [0.4, 0.5) is 0 Å². The zero-order valence-corrected chi connectivity index (χ0v) is 11.5. The largest absolute Gasteiger partial charge is 0.484 e. The van der Waals surface area contributed by atoms with Crippen molar-refractivity contribution < 1.29 is 19.4 Å². The number of carbonyl (C=O) groups is 2. The van der Waals surface area contributed by atoms with E-state index in [2.05, 4.69) is 6.92 Å². The first kappa shape index (κ1) is 14.4. The van der Waals surface area contributed by atoms with E-state index in [1.807, 2.05) is 4.90 Å². The zero-order chi connectivity index (χ0) is 14.5. The maximum Gasteiger partial charge on any atom is 0.335 e. The number of piperidine rings is 1. The maximum atomic E-state index is 12.0. The summed E-state index contributed by atoms with van der Waals surface area (Å²) in [6, 6.07) is 6.06. The minimum atomic E-state index is -0.977. The molecule has 1 aromatic rings. The summed E-state index contributed by atoms with van der Waals surface area (Å²) in [6.07, 6.45) is 2.08. The Hall–Kier alpha value is -2.04. The Kier molecular flexibility index (Phi) is 4.61. The predicted octanol–water partition coefficient (Wildman–Crippen LogP) is 2.02. The lowest BCUT2D eigenvalue weighted by molar-refractivity contribution is -0.134. The van der Waals surface area contributed by atoms with Crippen LogP contribution >= 0.6 is 0 Å². The lowest BCUT2D eigenvalue weighted by atomic mass is 9.99. The Balaban J connectivity index is 1.82. The van der Waals surface area contributed by atoms with E-state index >= 15 is 0 Å². The third kappa shape index (κ3) is 3.73. The van der Waals surface area contributed by atoms with E-state index in [1.54, 1.807) is 12.1 Å². The highest BCUT2D eigenvalue weighted by molar-refractivity contribution is 5.87. The number of benzene rings is 1. The number of rotatable bonds is 4. The minimum absolute atomic E-state index is 0.000793. The first-order valence-electron chi connectivity index (χ1n) is 6.80. The van der Waals surface area contributed by atoms with E-state index in [0.29, 0.717) is 11.7 Å². The molecule has 0 aromatic heterocycles. The van der Waals surface area contributed by atoms with Gasteiger partial charge in [0.2, 0.25) is 0 Å². The van der Waals surface area contributed by atoms with Gasteiger partial charge in [-0.05, 0) is 43.0 Å². The number of ether oxygens (including phenoxy) is 1. The fourth-order valence-corrected chi connectivity index (χ4v) is 2.19. The average molecular weight is 277 g/mol. The van der Waals surface area contributed by atoms with Crippen molar-refractivity contribution in [3.8, 4) is 5.75 Å². The summed E-state index contributed by atoms with van der Waals surface area (Å²) in [5.74, 6) is 0.200. The monoisotopic (exact) mass is 277 g/mol. The van der Waals surface area contributed by atoms with E-state index in [1.165, 1.54) is 12.1 Å². The number of carboxylic acids is 1. The molecule has 0 unspecified atom stereocenters. The number of hydrogen-bond acceptors (Lipinski definition) is 3. The van der Waals surface area contributed by atoms with Gasteiger partial charge in [0, 0.05) is 13.1 Å². The first-order chi connectivity index (χ1) is 9.56. The van der Waals surface area contributed by atoms with Crippen LogP contribution < -0.4 is 4.74 Å². The molecule has 0 aliphatic carbocycles. The van der Waals surface area contributed by atoms with Gasteiger partial charge >= 0.3 is 5.97 Å². The minimum Gasteiger partial charge on any atom is -0.484 e. The number of nitrogens with zero attached hydrogens (tertiary/aromatic N) is 1. The van der Waals surface area contributed by atoms with Crippen molar-refractivity contribution in [1.29, 1.82) is 0 Å². The van der Waals surface area contributed by atoms with Crippen molar-refractivity contribution in [3.05, 3.63) is 29.8 Å². The van der Waals surface area contributed by atoms with Crippen LogP contribution in [0.1, 0.15) is 30.1 Å². The van der Waals surface area contributed by atoms with Crippen LogP contribution in [0.5, 0.6) is 5.75 Å². The molecular formula is C15H19NO4. The van der Waals surface area contributed by atoms with Crippen molar-refractivity contribution in [2.24, 2.45) is 5.92 Å². The molecule has 20 heavy (non-hydrogen) atoms. The molecule has 1 saturated heterocycles. The van der Waals surface area contributed by atoms with Gasteiger partial charge < -0.3 is 14.7 Å². The van der Waals surface area contributed by atoms with Gasteiger partial charge in [-0.3, -0.25) is 4.79 Å². The van der Waals surface area contributed by atoms with Crippen molar-refractivity contribution >= 4 is 11.9 Å². The Morgan fingerprint density at radius 1 is 1.25 bits per heavy atom. The van der Waals surface area contributed by atoms with E-state index in [-0.39, 0.29) is 18.1 Å². The van der Waals surface area contributed by atoms with Crippen molar-refractivity contribution in [1.82, 2.24) is 4.90 Å². The summed E-state index contributed by atoms with van der Waals surface area (Å²) in [5, 5.41) is 8.78. The molecule has 1 aliphatic heterocycles. The fraction of sp³-hybridized carbons (Fsp3) is 0.467. The van der Waals surface area contributed by atoms with Crippen LogP contribution in [0.25, 0.3) is 0 Å². The number of likely N-dealkylation sites (tertiary alicyclic amines) is 1. The van der Waals surface area contributed by atoms with Crippen molar-refractivity contribution in [3.63, 3.8) is 0 Å². The van der Waals surface area contributed by atoms with Crippen LogP contribution in [0.3, 0.4) is 0 Å². The smallest absolute Gasteiger partial charge is 0.335 e. The summed E-state index contributed by atoms with van der Waals surface area (Å²) in [7, 11) is 0. The number of carbonyl (C=O) groups excluding carboxylic acids is 1. The molecule has 0 radical (unpaired) electrons. The molecule has 1 fully saturated rings. The second kappa shape index (κ2) is 6.41. The highest BCUT2D eigenvalue weighted by Gasteiger charge is 2.20. The van der Waals surface area contributed by atoms with Gasteiger partial charge in [0.15, 0.2) is 6.61 Å². The van der Waals surface area contributed by atoms with Gasteiger partial charge in [0.25, 0.3) is 5.91 Å². The lowest BCUT2D eigenvalue weighted by Gasteiger charge is -2.30.